The molecule has 1 N–H and O–H groups in total. The number of nitrogens with one attached hydrogen (secondary N) is 1. The van der Waals surface area contributed by atoms with Crippen molar-refractivity contribution in [3.63, 3.8) is 0 Å². The normalized spacial score (nSPS) is 14.6. The van der Waals surface area contributed by atoms with Crippen molar-refractivity contribution in [3.8, 4) is 0 Å². The Morgan fingerprint density at radius 3 is 3.08 bits per heavy atom. The molecule has 0 aromatic carbocycles. The van der Waals surface area contributed by atoms with Crippen LogP contribution in [-0.4, -0.2) is 28.6 Å². The van der Waals surface area contributed by atoms with Gasteiger partial charge in [-0.2, -0.15) is 10.0 Å². The quantitative estimate of drug-likeness (QED) is 0.538. The summed E-state index contributed by atoms with van der Waals surface area (Å²) in [6, 6.07) is 0. The summed E-state index contributed by atoms with van der Waals surface area (Å²) in [4.78, 5) is 10.1. The Morgan fingerprint density at radius 2 is 2.32 bits per heavy atom. The van der Waals surface area contributed by atoms with Gasteiger partial charge in [-0.1, -0.05) is 22.9 Å². The number of ether oxygens (including phenoxy) is 1. The van der Waals surface area contributed by atoms with Crippen molar-refractivity contribution in [2.24, 2.45) is 5.18 Å². The second-order valence-electron chi connectivity index (χ2n) is 5.76. The lowest BCUT2D eigenvalue weighted by Crippen LogP contribution is -2.00. The van der Waals surface area contributed by atoms with Crippen LogP contribution in [0.1, 0.15) is 32.3 Å². The van der Waals surface area contributed by atoms with E-state index in [2.05, 4.69) is 29.4 Å². The van der Waals surface area contributed by atoms with Gasteiger partial charge in [-0.15, -0.1) is 0 Å². The van der Waals surface area contributed by atoms with Crippen LogP contribution in [0.25, 0.3) is 6.08 Å². The van der Waals surface area contributed by atoms with Crippen LogP contribution in [-0.2, 0) is 11.3 Å². The molecule has 0 saturated carbocycles. The number of hydrogen-bond donors (Lipinski definition) is 1. The van der Waals surface area contributed by atoms with Crippen LogP contribution in [0.3, 0.4) is 0 Å². The molecule has 0 saturated heterocycles. The van der Waals surface area contributed by atoms with E-state index in [0.29, 0.717) is 25.3 Å². The first-order valence-electron chi connectivity index (χ1n) is 8.40. The summed E-state index contributed by atoms with van der Waals surface area (Å²) in [5.41, 5.74) is 3.68. The second-order valence-corrected chi connectivity index (χ2v) is 5.76. The molecule has 0 bridgehead atoms. The molecule has 1 aliphatic rings. The smallest absolute Gasteiger partial charge is 0.115 e. The van der Waals surface area contributed by atoms with Gasteiger partial charge in [0.1, 0.15) is 12.3 Å². The summed E-state index contributed by atoms with van der Waals surface area (Å²) in [6.07, 6.45) is 14.8. The zero-order chi connectivity index (χ0) is 18.1. The van der Waals surface area contributed by atoms with Gasteiger partial charge >= 0.3 is 0 Å². The third-order valence-corrected chi connectivity index (χ3v) is 3.81. The molecule has 132 valence electrons. The maximum absolute atomic E-state index is 10.1. The molecule has 1 aromatic heterocycles. The Bertz CT molecular complexity index is 738. The molecule has 2 rings (SSSR count). The lowest BCUT2D eigenvalue weighted by Gasteiger charge is -2.08. The summed E-state index contributed by atoms with van der Waals surface area (Å²) in [5.74, 6) is 0.868. The van der Waals surface area contributed by atoms with Crippen LogP contribution in [0.4, 0.5) is 0 Å². The summed E-state index contributed by atoms with van der Waals surface area (Å²) in [7, 11) is 0. The molecule has 0 aliphatic heterocycles. The van der Waals surface area contributed by atoms with Crippen molar-refractivity contribution in [2.45, 2.75) is 33.2 Å². The van der Waals surface area contributed by atoms with E-state index in [1.165, 1.54) is 5.57 Å². The molecule has 6 nitrogen and oxygen atoms in total. The number of hydrogen-bond acceptors (Lipinski definition) is 5. The third-order valence-electron chi connectivity index (χ3n) is 3.81. The summed E-state index contributed by atoms with van der Waals surface area (Å²) in [6.45, 7) is 5.34. The number of allylic oxidation sites excluding steroid dienone is 6. The van der Waals surface area contributed by atoms with E-state index in [9.17, 15) is 4.91 Å². The Hall–Kier alpha value is -2.76. The lowest BCUT2D eigenvalue weighted by molar-refractivity contribution is 0.241. The van der Waals surface area contributed by atoms with Crippen molar-refractivity contribution < 1.29 is 4.74 Å². The zero-order valence-corrected chi connectivity index (χ0v) is 14.7. The highest BCUT2D eigenvalue weighted by Crippen LogP contribution is 2.22. The van der Waals surface area contributed by atoms with Gasteiger partial charge in [0.15, 0.2) is 0 Å². The summed E-state index contributed by atoms with van der Waals surface area (Å²) < 4.78 is 7.28. The molecule has 1 heterocycles. The molecule has 0 spiro atoms. The van der Waals surface area contributed by atoms with Crippen LogP contribution < -0.4 is 0 Å². The predicted molar refractivity (Wildman–Crippen MR) is 100 cm³/mol. The van der Waals surface area contributed by atoms with E-state index in [1.807, 2.05) is 25.3 Å². The van der Waals surface area contributed by atoms with Gasteiger partial charge in [-0.05, 0) is 44.1 Å². The molecule has 6 heteroatoms. The van der Waals surface area contributed by atoms with Crippen molar-refractivity contribution in [2.75, 3.05) is 13.2 Å². The molecule has 0 amide bonds. The summed E-state index contributed by atoms with van der Waals surface area (Å²) in [5, 5.41) is 15.2. The first kappa shape index (κ1) is 18.6. The van der Waals surface area contributed by atoms with E-state index >= 15 is 0 Å². The van der Waals surface area contributed by atoms with E-state index in [4.69, 9.17) is 10.1 Å². The molecule has 0 atom stereocenters. The number of rotatable bonds is 9. The Morgan fingerprint density at radius 1 is 1.48 bits per heavy atom. The summed E-state index contributed by atoms with van der Waals surface area (Å²) >= 11 is 0. The van der Waals surface area contributed by atoms with Crippen LogP contribution in [0.2, 0.25) is 0 Å². The van der Waals surface area contributed by atoms with Gasteiger partial charge in [0.25, 0.3) is 0 Å². The SMILES string of the molecule is CCOC1=CCC=C(C)C(CC(=N)/C=C/c2cnn(CCN=O)c2)=C1. The maximum Gasteiger partial charge on any atom is 0.115 e. The van der Waals surface area contributed by atoms with Crippen molar-refractivity contribution >= 4 is 11.8 Å². The molecule has 1 aromatic rings. The van der Waals surface area contributed by atoms with E-state index in [-0.39, 0.29) is 6.54 Å². The average molecular weight is 340 g/mol. The Labute approximate surface area is 148 Å². The van der Waals surface area contributed by atoms with Crippen molar-refractivity contribution in [1.29, 1.82) is 5.41 Å². The van der Waals surface area contributed by atoms with E-state index in [1.54, 1.807) is 17.0 Å². The lowest BCUT2D eigenvalue weighted by atomic mass is 10.0. The third kappa shape index (κ3) is 5.99. The maximum atomic E-state index is 10.1. The fourth-order valence-corrected chi connectivity index (χ4v) is 2.48. The highest BCUT2D eigenvalue weighted by atomic mass is 16.5. The minimum Gasteiger partial charge on any atom is -0.494 e. The van der Waals surface area contributed by atoms with Crippen molar-refractivity contribution in [3.05, 3.63) is 64.1 Å². The molecule has 0 radical (unpaired) electrons. The highest BCUT2D eigenvalue weighted by molar-refractivity contribution is 5.97. The minimum absolute atomic E-state index is 0.204. The van der Waals surface area contributed by atoms with Crippen LogP contribution in [0, 0.1) is 10.3 Å². The second kappa shape index (κ2) is 9.52. The van der Waals surface area contributed by atoms with Gasteiger partial charge in [-0.25, -0.2) is 0 Å². The Balaban J connectivity index is 1.99. The number of nitroso groups, excluding NO2 is 1. The van der Waals surface area contributed by atoms with Crippen LogP contribution in [0.15, 0.2) is 58.8 Å². The van der Waals surface area contributed by atoms with Gasteiger partial charge in [-0.3, -0.25) is 4.68 Å². The van der Waals surface area contributed by atoms with Crippen LogP contribution in [0.5, 0.6) is 0 Å². The number of aromatic nitrogens is 2. The molecule has 0 fully saturated rings. The highest BCUT2D eigenvalue weighted by Gasteiger charge is 2.08. The topological polar surface area (TPSA) is 80.3 Å². The van der Waals surface area contributed by atoms with Gasteiger partial charge in [0.05, 0.1) is 19.3 Å². The average Bonchev–Trinajstić information content (AvgIpc) is 2.98. The Kier molecular flexibility index (Phi) is 7.07. The largest absolute Gasteiger partial charge is 0.494 e. The van der Waals surface area contributed by atoms with E-state index in [0.717, 1.165) is 23.3 Å². The minimum atomic E-state index is 0.204. The fraction of sp³-hybridized carbons (Fsp3) is 0.368. The predicted octanol–water partition coefficient (Wildman–Crippen LogP) is 4.27. The monoisotopic (exact) mass is 340 g/mol. The van der Waals surface area contributed by atoms with E-state index < -0.39 is 0 Å². The number of nitrogens with zero attached hydrogens (tertiary/aromatic N) is 3. The molecule has 1 aliphatic carbocycles. The molecule has 25 heavy (non-hydrogen) atoms. The molecule has 0 unspecified atom stereocenters. The van der Waals surface area contributed by atoms with Crippen molar-refractivity contribution in [1.82, 2.24) is 9.78 Å². The van der Waals surface area contributed by atoms with Gasteiger partial charge in [0.2, 0.25) is 0 Å². The van der Waals surface area contributed by atoms with Gasteiger partial charge in [0, 0.05) is 23.9 Å². The standard InChI is InChI=1S/C19H24N4O2/c1-3-25-19-6-4-5-15(2)17(12-19)11-18(20)8-7-16-13-21-23(14-16)10-9-22-24/h5-8,12-14,20H,3-4,9-11H2,1-2H3/b8-7+,20-18?. The first-order chi connectivity index (χ1) is 12.1. The first-order valence-corrected chi connectivity index (χ1v) is 8.40. The van der Waals surface area contributed by atoms with Gasteiger partial charge < -0.3 is 10.1 Å². The zero-order valence-electron chi connectivity index (χ0n) is 14.7. The fourth-order valence-electron chi connectivity index (χ4n) is 2.48. The molecular weight excluding hydrogens is 316 g/mol. The van der Waals surface area contributed by atoms with Crippen LogP contribution >= 0.6 is 0 Å². The molecular formula is C19H24N4O2.